The number of rotatable bonds is 7. The first kappa shape index (κ1) is 27.6. The molecule has 1 aliphatic heterocycles. The van der Waals surface area contributed by atoms with E-state index in [4.69, 9.17) is 0 Å². The van der Waals surface area contributed by atoms with Crippen LogP contribution < -0.4 is 10.6 Å². The number of hydrogen-bond acceptors (Lipinski definition) is 2. The van der Waals surface area contributed by atoms with Gasteiger partial charge in [0.2, 0.25) is 0 Å². The lowest BCUT2D eigenvalue weighted by atomic mass is 9.79. The van der Waals surface area contributed by atoms with Gasteiger partial charge in [-0.25, -0.2) is 0 Å². The maximum absolute atomic E-state index is 4.57. The highest BCUT2D eigenvalue weighted by atomic mass is 14.9. The zero-order valence-electron chi connectivity index (χ0n) is 24.4. The number of hydrogen-bond donors (Lipinski definition) is 2. The van der Waals surface area contributed by atoms with E-state index in [1.54, 1.807) is 0 Å². The Morgan fingerprint density at radius 3 is 2.31 bits per heavy atom. The van der Waals surface area contributed by atoms with Gasteiger partial charge in [-0.15, -0.1) is 0 Å². The highest BCUT2D eigenvalue weighted by Gasteiger charge is 2.23. The number of nitrogens with one attached hydrogen (secondary N) is 2. The van der Waals surface area contributed by atoms with E-state index in [0.717, 1.165) is 25.1 Å². The predicted molar refractivity (Wildman–Crippen MR) is 172 cm³/mol. The number of allylic oxidation sites excluding steroid dienone is 2. The molecule has 5 rings (SSSR count). The van der Waals surface area contributed by atoms with Crippen LogP contribution in [0, 0.1) is 5.92 Å². The highest BCUT2D eigenvalue weighted by Crippen LogP contribution is 2.41. The quantitative estimate of drug-likeness (QED) is 0.379. The normalized spacial score (nSPS) is 21.3. The van der Waals surface area contributed by atoms with Crippen molar-refractivity contribution in [1.82, 2.24) is 5.32 Å². The van der Waals surface area contributed by atoms with Gasteiger partial charge < -0.3 is 10.6 Å². The Kier molecular flexibility index (Phi) is 9.12. The molecule has 2 aromatic carbocycles. The molecule has 2 N–H and O–H groups in total. The minimum absolute atomic E-state index is 0.536. The van der Waals surface area contributed by atoms with E-state index in [1.165, 1.54) is 114 Å². The predicted octanol–water partition coefficient (Wildman–Crippen LogP) is 10.0. The Morgan fingerprint density at radius 1 is 0.846 bits per heavy atom. The molecule has 0 saturated heterocycles. The first-order valence-electron chi connectivity index (χ1n) is 15.6. The van der Waals surface area contributed by atoms with Crippen molar-refractivity contribution in [2.24, 2.45) is 5.92 Å². The molecule has 1 heterocycles. The smallest absolute Gasteiger partial charge is 0.0425 e. The van der Waals surface area contributed by atoms with Crippen LogP contribution in [0.5, 0.6) is 0 Å². The van der Waals surface area contributed by atoms with Crippen LogP contribution in [0.2, 0.25) is 0 Å². The zero-order chi connectivity index (χ0) is 27.2. The van der Waals surface area contributed by atoms with Gasteiger partial charge in [0.15, 0.2) is 0 Å². The molecular weight excluding hydrogens is 472 g/mol. The molecule has 0 amide bonds. The third-order valence-corrected chi connectivity index (χ3v) is 9.25. The third-order valence-electron chi connectivity index (χ3n) is 9.25. The number of benzene rings is 2. The molecule has 2 saturated carbocycles. The molecule has 0 radical (unpaired) electrons. The van der Waals surface area contributed by atoms with Gasteiger partial charge >= 0.3 is 0 Å². The molecule has 3 aliphatic rings. The first-order valence-corrected chi connectivity index (χ1v) is 15.6. The highest BCUT2D eigenvalue weighted by molar-refractivity contribution is 5.91. The average molecular weight is 521 g/mol. The third kappa shape index (κ3) is 6.60. The van der Waals surface area contributed by atoms with E-state index >= 15 is 0 Å². The Bertz CT molecular complexity index is 1250. The van der Waals surface area contributed by atoms with Crippen molar-refractivity contribution < 1.29 is 0 Å². The maximum atomic E-state index is 4.57. The molecule has 206 valence electrons. The summed E-state index contributed by atoms with van der Waals surface area (Å²) < 4.78 is 0. The fourth-order valence-electron chi connectivity index (χ4n) is 6.67. The molecule has 2 fully saturated rings. The van der Waals surface area contributed by atoms with Crippen molar-refractivity contribution >= 4 is 29.0 Å². The minimum atomic E-state index is 0.536. The van der Waals surface area contributed by atoms with Crippen LogP contribution in [0.25, 0.3) is 23.3 Å². The summed E-state index contributed by atoms with van der Waals surface area (Å²) in [6.07, 6.45) is 20.0. The molecular formula is C37H48N2. The van der Waals surface area contributed by atoms with Gasteiger partial charge in [-0.05, 0) is 95.6 Å². The van der Waals surface area contributed by atoms with Gasteiger partial charge in [0.25, 0.3) is 0 Å². The lowest BCUT2D eigenvalue weighted by molar-refractivity contribution is 0.398. The summed E-state index contributed by atoms with van der Waals surface area (Å²) in [6, 6.07) is 14.6. The summed E-state index contributed by atoms with van der Waals surface area (Å²) >= 11 is 0. The second-order valence-electron chi connectivity index (χ2n) is 11.9. The van der Waals surface area contributed by atoms with Crippen LogP contribution in [0.1, 0.15) is 112 Å². The van der Waals surface area contributed by atoms with Crippen molar-refractivity contribution in [3.8, 4) is 0 Å². The van der Waals surface area contributed by atoms with Gasteiger partial charge in [-0.2, -0.15) is 0 Å². The maximum Gasteiger partial charge on any atom is 0.0425 e. The van der Waals surface area contributed by atoms with Crippen LogP contribution in [0.15, 0.2) is 60.8 Å². The first-order chi connectivity index (χ1) is 19.1. The summed E-state index contributed by atoms with van der Waals surface area (Å²) in [6.45, 7) is 14.1. The lowest BCUT2D eigenvalue weighted by Gasteiger charge is -2.29. The molecule has 0 bridgehead atoms. The lowest BCUT2D eigenvalue weighted by Crippen LogP contribution is -2.31. The van der Waals surface area contributed by atoms with Crippen LogP contribution in [-0.4, -0.2) is 12.6 Å². The second-order valence-corrected chi connectivity index (χ2v) is 11.9. The Hall–Kier alpha value is -3.00. The summed E-state index contributed by atoms with van der Waals surface area (Å²) in [7, 11) is 0. The largest absolute Gasteiger partial charge is 0.383 e. The van der Waals surface area contributed by atoms with E-state index in [0.29, 0.717) is 12.0 Å². The summed E-state index contributed by atoms with van der Waals surface area (Å²) in [4.78, 5) is 0. The summed E-state index contributed by atoms with van der Waals surface area (Å²) in [5.74, 6) is 0.601. The van der Waals surface area contributed by atoms with Crippen molar-refractivity contribution in [2.45, 2.75) is 96.9 Å². The molecule has 0 unspecified atom stereocenters. The molecule has 2 aliphatic carbocycles. The van der Waals surface area contributed by atoms with Crippen LogP contribution in [-0.2, 0) is 6.42 Å². The number of fused-ring (bicyclic) bond motifs is 2. The Morgan fingerprint density at radius 2 is 1.59 bits per heavy atom. The van der Waals surface area contributed by atoms with Crippen LogP contribution in [0.3, 0.4) is 0 Å². The number of anilines is 1. The monoisotopic (exact) mass is 520 g/mol. The van der Waals surface area contributed by atoms with Crippen molar-refractivity contribution in [3.05, 3.63) is 88.6 Å². The molecule has 0 aromatic heterocycles. The molecule has 2 aromatic rings. The second kappa shape index (κ2) is 12.9. The SMILES string of the molecule is C=C(NC1CCCCC1)/C1=C/c2cc(CC)ccc2/C=C(\C2CCCCC2)c2ccc(C(=C)CC)cc2NC1. The Balaban J connectivity index is 1.63. The van der Waals surface area contributed by atoms with E-state index in [-0.39, 0.29) is 0 Å². The van der Waals surface area contributed by atoms with Crippen LogP contribution in [0.4, 0.5) is 5.69 Å². The summed E-state index contributed by atoms with van der Waals surface area (Å²) in [5.41, 5.74) is 12.8. The van der Waals surface area contributed by atoms with Crippen molar-refractivity contribution in [1.29, 1.82) is 0 Å². The zero-order valence-corrected chi connectivity index (χ0v) is 24.4. The van der Waals surface area contributed by atoms with Crippen molar-refractivity contribution in [2.75, 3.05) is 11.9 Å². The average Bonchev–Trinajstić information content (AvgIpc) is 2.98. The van der Waals surface area contributed by atoms with Crippen molar-refractivity contribution in [3.63, 3.8) is 0 Å². The topological polar surface area (TPSA) is 24.1 Å². The molecule has 0 spiro atoms. The standard InChI is InChI=1S/C37H48N2/c1-5-26(3)30-19-20-35-36(29-13-9-7-10-14-29)23-31-18-17-28(6-2)21-32(31)22-33(25-38-37(35)24-30)27(4)39-34-15-11-8-12-16-34/h17-24,29,34,38-39H,3-16,25H2,1-2H3/b33-22+,36-23+. The van der Waals surface area contributed by atoms with Crippen LogP contribution >= 0.6 is 0 Å². The summed E-state index contributed by atoms with van der Waals surface area (Å²) in [5, 5.41) is 7.72. The number of aryl methyl sites for hydroxylation is 1. The molecule has 2 heteroatoms. The van der Waals surface area contributed by atoms with E-state index in [9.17, 15) is 0 Å². The van der Waals surface area contributed by atoms with E-state index < -0.39 is 0 Å². The van der Waals surface area contributed by atoms with Gasteiger partial charge in [0.1, 0.15) is 0 Å². The van der Waals surface area contributed by atoms with Gasteiger partial charge in [-0.1, -0.05) is 102 Å². The molecule has 39 heavy (non-hydrogen) atoms. The molecule has 0 atom stereocenters. The van der Waals surface area contributed by atoms with Gasteiger partial charge in [0.05, 0.1) is 0 Å². The fraction of sp³-hybridized carbons (Fsp3) is 0.459. The van der Waals surface area contributed by atoms with E-state index in [1.807, 2.05) is 0 Å². The Labute approximate surface area is 237 Å². The minimum Gasteiger partial charge on any atom is -0.383 e. The van der Waals surface area contributed by atoms with Gasteiger partial charge in [-0.3, -0.25) is 0 Å². The van der Waals surface area contributed by atoms with Gasteiger partial charge in [0, 0.05) is 29.5 Å². The fourth-order valence-corrected chi connectivity index (χ4v) is 6.67. The van der Waals surface area contributed by atoms with E-state index in [2.05, 4.69) is 86.2 Å². The molecule has 2 nitrogen and oxygen atoms in total.